The number of H-pyrrole nitrogens is 1. The summed E-state index contributed by atoms with van der Waals surface area (Å²) in [5.41, 5.74) is 2.35. The summed E-state index contributed by atoms with van der Waals surface area (Å²) in [6.07, 6.45) is 5.01. The first-order valence-electron chi connectivity index (χ1n) is 9.53. The fourth-order valence-corrected chi connectivity index (χ4v) is 6.92. The molecule has 2 aliphatic rings. The molecule has 0 aromatic carbocycles. The summed E-state index contributed by atoms with van der Waals surface area (Å²) in [6.45, 7) is 1.31. The number of pyridine rings is 1. The smallest absolute Gasteiger partial charge is 0.162 e. The van der Waals surface area contributed by atoms with Gasteiger partial charge in [0.05, 0.1) is 24.9 Å². The summed E-state index contributed by atoms with van der Waals surface area (Å²) >= 11 is 1.78. The Labute approximate surface area is 181 Å². The van der Waals surface area contributed by atoms with Gasteiger partial charge >= 0.3 is 0 Å². The molecular weight excluding hydrogens is 503 g/mol. The topological polar surface area (TPSA) is 108 Å². The normalized spacial score (nSPS) is 23.1. The van der Waals surface area contributed by atoms with Crippen LogP contribution in [-0.2, 0) is 16.4 Å². The maximum Gasteiger partial charge on any atom is 0.162 e. The third-order valence-electron chi connectivity index (χ3n) is 5.75. The monoisotopic (exact) mass is 524 g/mol. The number of anilines is 1. The van der Waals surface area contributed by atoms with E-state index in [9.17, 15) is 4.21 Å². The van der Waals surface area contributed by atoms with Crippen molar-refractivity contribution in [3.8, 4) is 11.4 Å². The second-order valence-electron chi connectivity index (χ2n) is 7.63. The average molecular weight is 524 g/mol. The van der Waals surface area contributed by atoms with Crippen LogP contribution in [0, 0.1) is 4.78 Å². The van der Waals surface area contributed by atoms with E-state index in [4.69, 9.17) is 19.5 Å². The molecular formula is C19H21IN6O2S. The van der Waals surface area contributed by atoms with Gasteiger partial charge in [0.15, 0.2) is 5.82 Å². The molecule has 4 heterocycles. The molecule has 2 atom stereocenters. The predicted octanol–water partition coefficient (Wildman–Crippen LogP) is 3.63. The van der Waals surface area contributed by atoms with Gasteiger partial charge in [-0.25, -0.2) is 23.9 Å². The number of morpholine rings is 1. The van der Waals surface area contributed by atoms with E-state index in [-0.39, 0.29) is 6.04 Å². The highest BCUT2D eigenvalue weighted by Gasteiger charge is 2.54. The summed E-state index contributed by atoms with van der Waals surface area (Å²) in [6, 6.07) is 5.98. The number of ether oxygens (including phenoxy) is 1. The number of halogens is 1. The Hall–Kier alpha value is -1.79. The quantitative estimate of drug-likeness (QED) is 0.399. The van der Waals surface area contributed by atoms with Gasteiger partial charge in [-0.2, -0.15) is 0 Å². The molecule has 3 aromatic rings. The maximum atomic E-state index is 12.8. The minimum atomic E-state index is -2.82. The van der Waals surface area contributed by atoms with Gasteiger partial charge in [0.25, 0.3) is 0 Å². The van der Waals surface area contributed by atoms with Gasteiger partial charge in [0, 0.05) is 57.2 Å². The molecule has 1 aliphatic carbocycles. The molecule has 0 spiro atoms. The van der Waals surface area contributed by atoms with Crippen molar-refractivity contribution in [2.24, 2.45) is 0 Å². The third kappa shape index (κ3) is 3.21. The highest BCUT2D eigenvalue weighted by atomic mass is 127. The number of aromatic amines is 1. The molecule has 3 aromatic heterocycles. The highest BCUT2D eigenvalue weighted by Crippen LogP contribution is 2.55. The lowest BCUT2D eigenvalue weighted by molar-refractivity contribution is 0.0985. The van der Waals surface area contributed by atoms with Crippen molar-refractivity contribution in [2.45, 2.75) is 30.6 Å². The molecule has 0 amide bonds. The first kappa shape index (κ1) is 19.2. The SMILES string of the molecule is C[C@@H]1COCCN1c1cc(C2([S@](=N)(=O)I)CC2)nc(-c2ccnc3[nH]ccc23)n1. The van der Waals surface area contributed by atoms with E-state index in [0.717, 1.165) is 29.0 Å². The lowest BCUT2D eigenvalue weighted by Crippen LogP contribution is -2.44. The third-order valence-corrected chi connectivity index (χ3v) is 9.90. The van der Waals surface area contributed by atoms with E-state index in [2.05, 4.69) is 21.8 Å². The predicted molar refractivity (Wildman–Crippen MR) is 121 cm³/mol. The molecule has 1 aliphatic heterocycles. The maximum absolute atomic E-state index is 12.8. The van der Waals surface area contributed by atoms with Crippen LogP contribution < -0.4 is 4.90 Å². The second kappa shape index (κ2) is 6.88. The zero-order chi connectivity index (χ0) is 20.2. The van der Waals surface area contributed by atoms with Gasteiger partial charge in [0.1, 0.15) is 23.1 Å². The number of aromatic nitrogens is 4. The van der Waals surface area contributed by atoms with Crippen molar-refractivity contribution in [1.29, 1.82) is 4.78 Å². The summed E-state index contributed by atoms with van der Waals surface area (Å²) in [5, 5.41) is 0.941. The van der Waals surface area contributed by atoms with Crippen LogP contribution in [0.3, 0.4) is 0 Å². The fraction of sp³-hybridized carbons (Fsp3) is 0.421. The summed E-state index contributed by atoms with van der Waals surface area (Å²) in [4.78, 5) is 19.4. The molecule has 1 saturated heterocycles. The van der Waals surface area contributed by atoms with Gasteiger partial charge in [-0.05, 0) is 31.9 Å². The molecule has 0 bridgehead atoms. The molecule has 5 rings (SSSR count). The number of fused-ring (bicyclic) bond motifs is 1. The largest absolute Gasteiger partial charge is 0.377 e. The number of nitrogens with zero attached hydrogens (tertiary/aromatic N) is 4. The van der Waals surface area contributed by atoms with E-state index in [1.807, 2.05) is 24.4 Å². The van der Waals surface area contributed by atoms with E-state index >= 15 is 0 Å². The zero-order valence-electron chi connectivity index (χ0n) is 15.9. The minimum absolute atomic E-state index is 0.180. The molecule has 0 unspecified atom stereocenters. The number of hydrogen-bond acceptors (Lipinski definition) is 7. The molecule has 0 radical (unpaired) electrons. The number of hydrogen-bond donors (Lipinski definition) is 2. The zero-order valence-corrected chi connectivity index (χ0v) is 18.9. The molecule has 2 N–H and O–H groups in total. The molecule has 1 saturated carbocycles. The van der Waals surface area contributed by atoms with E-state index < -0.39 is 11.6 Å². The highest BCUT2D eigenvalue weighted by molar-refractivity contribution is 14.2. The van der Waals surface area contributed by atoms with Gasteiger partial charge in [-0.15, -0.1) is 0 Å². The lowest BCUT2D eigenvalue weighted by atomic mass is 10.1. The Balaban J connectivity index is 1.72. The summed E-state index contributed by atoms with van der Waals surface area (Å²) in [5.74, 6) is 1.38. The van der Waals surface area contributed by atoms with Crippen molar-refractivity contribution in [1.82, 2.24) is 19.9 Å². The minimum Gasteiger partial charge on any atom is -0.377 e. The Morgan fingerprint density at radius 2 is 2.21 bits per heavy atom. The van der Waals surface area contributed by atoms with Crippen LogP contribution in [0.5, 0.6) is 0 Å². The summed E-state index contributed by atoms with van der Waals surface area (Å²) in [7, 11) is 0. The molecule has 152 valence electrons. The standard InChI is InChI=1S/C19H21IN6O2S/c1-12-11-28-9-8-26(12)16-10-15(19(4-5-19)29(20,21)27)24-18(25-16)14-3-7-23-17-13(14)2-6-22-17/h2-3,6-7,10,12,21H,4-5,8-9,11H2,1H3,(H,22,23)/t12-,29+/m1/s1. The van der Waals surface area contributed by atoms with Gasteiger partial charge in [0.2, 0.25) is 0 Å². The van der Waals surface area contributed by atoms with Gasteiger partial charge in [-0.3, -0.25) is 0 Å². The van der Waals surface area contributed by atoms with E-state index in [0.29, 0.717) is 37.6 Å². The number of rotatable bonds is 4. The van der Waals surface area contributed by atoms with Crippen LogP contribution >= 0.6 is 21.2 Å². The Morgan fingerprint density at radius 1 is 1.38 bits per heavy atom. The molecule has 2 fully saturated rings. The Bertz CT molecular complexity index is 1190. The molecule has 29 heavy (non-hydrogen) atoms. The van der Waals surface area contributed by atoms with Crippen LogP contribution in [0.25, 0.3) is 22.4 Å². The Kier molecular flexibility index (Phi) is 4.55. The van der Waals surface area contributed by atoms with E-state index in [1.165, 1.54) is 0 Å². The van der Waals surface area contributed by atoms with Crippen LogP contribution in [0.2, 0.25) is 0 Å². The van der Waals surface area contributed by atoms with Crippen molar-refractivity contribution in [3.05, 3.63) is 36.3 Å². The lowest BCUT2D eigenvalue weighted by Gasteiger charge is -2.34. The van der Waals surface area contributed by atoms with Crippen molar-refractivity contribution in [2.75, 3.05) is 24.7 Å². The summed E-state index contributed by atoms with van der Waals surface area (Å²) < 4.78 is 26.0. The number of nitrogens with one attached hydrogen (secondary N) is 2. The Morgan fingerprint density at radius 3 is 2.93 bits per heavy atom. The van der Waals surface area contributed by atoms with Crippen LogP contribution in [0.4, 0.5) is 5.82 Å². The van der Waals surface area contributed by atoms with Crippen molar-refractivity contribution < 1.29 is 8.95 Å². The average Bonchev–Trinajstić information content (AvgIpc) is 3.39. The van der Waals surface area contributed by atoms with Crippen molar-refractivity contribution >= 4 is 45.0 Å². The van der Waals surface area contributed by atoms with Gasteiger partial charge in [-0.1, -0.05) is 0 Å². The molecule has 8 nitrogen and oxygen atoms in total. The van der Waals surface area contributed by atoms with E-state index in [1.54, 1.807) is 27.4 Å². The van der Waals surface area contributed by atoms with Gasteiger partial charge < -0.3 is 14.6 Å². The fourth-order valence-electron chi connectivity index (χ4n) is 3.93. The van der Waals surface area contributed by atoms with Crippen LogP contribution in [-0.4, -0.2) is 49.9 Å². The van der Waals surface area contributed by atoms with Crippen molar-refractivity contribution in [3.63, 3.8) is 0 Å². The van der Waals surface area contributed by atoms with Crippen LogP contribution in [0.15, 0.2) is 30.6 Å². The molecule has 10 heteroatoms. The second-order valence-corrected chi connectivity index (χ2v) is 13.1. The van der Waals surface area contributed by atoms with Crippen LogP contribution in [0.1, 0.15) is 25.5 Å². The first-order valence-corrected chi connectivity index (χ1v) is 13.6. The first-order chi connectivity index (χ1) is 13.9.